The molecular weight excluding hydrogens is 273 g/mol. The summed E-state index contributed by atoms with van der Waals surface area (Å²) in [6.07, 6.45) is -3.12. The van der Waals surface area contributed by atoms with Crippen LogP contribution >= 0.6 is 11.3 Å². The fraction of sp³-hybridized carbons (Fsp3) is 0.556. The molecule has 0 bridgehead atoms. The Bertz CT molecular complexity index is 440. The van der Waals surface area contributed by atoms with Gasteiger partial charge in [-0.3, -0.25) is 4.79 Å². The lowest BCUT2D eigenvalue weighted by molar-refractivity contribution is -0.192. The number of aromatic amines is 1. The summed E-state index contributed by atoms with van der Waals surface area (Å²) in [7, 11) is 0. The van der Waals surface area contributed by atoms with Crippen molar-refractivity contribution in [2.75, 3.05) is 13.1 Å². The second-order valence-corrected chi connectivity index (χ2v) is 4.54. The van der Waals surface area contributed by atoms with Crippen LogP contribution in [-0.2, 0) is 17.6 Å². The van der Waals surface area contributed by atoms with Crippen LogP contribution in [0.25, 0.3) is 0 Å². The molecule has 3 N–H and O–H groups in total. The van der Waals surface area contributed by atoms with Gasteiger partial charge in [-0.15, -0.1) is 0 Å². The highest BCUT2D eigenvalue weighted by atomic mass is 32.1. The molecule has 2 heterocycles. The quantitative estimate of drug-likeness (QED) is 0.657. The van der Waals surface area contributed by atoms with Gasteiger partial charge in [-0.25, -0.2) is 4.79 Å². The molecular formula is C9H11F3N2O3S. The third-order valence-corrected chi connectivity index (χ3v) is 3.11. The molecule has 0 aromatic carbocycles. The topological polar surface area (TPSA) is 82.2 Å². The molecule has 0 saturated carbocycles. The first-order chi connectivity index (χ1) is 8.30. The molecule has 0 spiro atoms. The van der Waals surface area contributed by atoms with Gasteiger partial charge in [-0.1, -0.05) is 11.3 Å². The summed E-state index contributed by atoms with van der Waals surface area (Å²) in [5, 5.41) is 10.4. The standard InChI is InChI=1S/C7H10N2OS.C2HF3O2/c10-7-9-5-1-3-8-4-2-6(5)11-7;3-2(4,5)1(6)7/h8H,1-4H2,(H,9,10);(H,6,7). The van der Waals surface area contributed by atoms with E-state index in [0.29, 0.717) is 0 Å². The Hall–Kier alpha value is -1.35. The molecule has 9 heteroatoms. The zero-order chi connectivity index (χ0) is 13.8. The van der Waals surface area contributed by atoms with Crippen molar-refractivity contribution in [3.63, 3.8) is 0 Å². The molecule has 1 aromatic rings. The molecule has 5 nitrogen and oxygen atoms in total. The van der Waals surface area contributed by atoms with E-state index in [0.717, 1.165) is 31.6 Å². The summed E-state index contributed by atoms with van der Waals surface area (Å²) >= 11 is 1.35. The fourth-order valence-corrected chi connectivity index (χ4v) is 2.21. The third-order valence-electron chi connectivity index (χ3n) is 2.13. The Morgan fingerprint density at radius 2 is 1.83 bits per heavy atom. The number of aliphatic carboxylic acids is 1. The maximum absolute atomic E-state index is 10.9. The van der Waals surface area contributed by atoms with Crippen LogP contribution in [0.2, 0.25) is 0 Å². The summed E-state index contributed by atoms with van der Waals surface area (Å²) in [5.74, 6) is -2.76. The van der Waals surface area contributed by atoms with Gasteiger partial charge in [0.2, 0.25) is 0 Å². The first kappa shape index (κ1) is 14.7. The van der Waals surface area contributed by atoms with Gasteiger partial charge in [0.15, 0.2) is 0 Å². The lowest BCUT2D eigenvalue weighted by atomic mass is 10.2. The number of carboxylic acids is 1. The second kappa shape index (κ2) is 6.01. The largest absolute Gasteiger partial charge is 0.490 e. The van der Waals surface area contributed by atoms with Gasteiger partial charge >= 0.3 is 17.0 Å². The van der Waals surface area contributed by atoms with Crippen LogP contribution in [0.4, 0.5) is 13.2 Å². The van der Waals surface area contributed by atoms with Gasteiger partial charge < -0.3 is 15.4 Å². The lowest BCUT2D eigenvalue weighted by Crippen LogP contribution is -2.21. The molecule has 1 aliphatic heterocycles. The minimum Gasteiger partial charge on any atom is -0.475 e. The first-order valence-electron chi connectivity index (χ1n) is 5.02. The van der Waals surface area contributed by atoms with E-state index in [-0.39, 0.29) is 4.87 Å². The number of carboxylic acid groups (broad SMARTS) is 1. The van der Waals surface area contributed by atoms with Crippen molar-refractivity contribution < 1.29 is 23.1 Å². The average Bonchev–Trinajstić information content (AvgIpc) is 2.44. The molecule has 0 saturated heterocycles. The number of hydrogen-bond acceptors (Lipinski definition) is 4. The first-order valence-corrected chi connectivity index (χ1v) is 5.84. The van der Waals surface area contributed by atoms with Gasteiger partial charge in [0, 0.05) is 30.1 Å². The van der Waals surface area contributed by atoms with E-state index in [1.165, 1.54) is 16.2 Å². The summed E-state index contributed by atoms with van der Waals surface area (Å²) < 4.78 is 31.7. The highest BCUT2D eigenvalue weighted by Gasteiger charge is 2.38. The summed E-state index contributed by atoms with van der Waals surface area (Å²) in [5.41, 5.74) is 1.14. The zero-order valence-corrected chi connectivity index (χ0v) is 9.95. The van der Waals surface area contributed by atoms with E-state index >= 15 is 0 Å². The summed E-state index contributed by atoms with van der Waals surface area (Å²) in [6.45, 7) is 1.99. The Morgan fingerprint density at radius 3 is 2.39 bits per heavy atom. The van der Waals surface area contributed by atoms with Gasteiger partial charge in [-0.05, 0) is 6.42 Å². The molecule has 18 heavy (non-hydrogen) atoms. The summed E-state index contributed by atoms with van der Waals surface area (Å²) in [6, 6.07) is 0. The Balaban J connectivity index is 0.000000203. The Labute approximate surface area is 104 Å². The Morgan fingerprint density at radius 1 is 1.28 bits per heavy atom. The monoisotopic (exact) mass is 284 g/mol. The molecule has 0 atom stereocenters. The number of H-pyrrole nitrogens is 1. The van der Waals surface area contributed by atoms with Crippen molar-refractivity contribution in [3.05, 3.63) is 20.2 Å². The molecule has 102 valence electrons. The maximum Gasteiger partial charge on any atom is 0.490 e. The van der Waals surface area contributed by atoms with Crippen LogP contribution in [0.1, 0.15) is 10.6 Å². The van der Waals surface area contributed by atoms with Crippen LogP contribution in [0, 0.1) is 0 Å². The van der Waals surface area contributed by atoms with Crippen molar-refractivity contribution in [1.82, 2.24) is 10.3 Å². The number of hydrogen-bond donors (Lipinski definition) is 3. The van der Waals surface area contributed by atoms with E-state index in [4.69, 9.17) is 9.90 Å². The average molecular weight is 284 g/mol. The molecule has 0 unspecified atom stereocenters. The van der Waals surface area contributed by atoms with E-state index in [1.807, 2.05) is 0 Å². The number of thiazole rings is 1. The zero-order valence-electron chi connectivity index (χ0n) is 9.13. The number of carbonyl (C=O) groups is 1. The van der Waals surface area contributed by atoms with E-state index < -0.39 is 12.1 Å². The van der Waals surface area contributed by atoms with Crippen LogP contribution < -0.4 is 10.2 Å². The van der Waals surface area contributed by atoms with E-state index in [2.05, 4.69) is 10.3 Å². The molecule has 0 radical (unpaired) electrons. The number of aromatic nitrogens is 1. The van der Waals surface area contributed by atoms with Crippen molar-refractivity contribution in [2.24, 2.45) is 0 Å². The molecule has 2 rings (SSSR count). The van der Waals surface area contributed by atoms with Gasteiger partial charge in [0.05, 0.1) is 0 Å². The van der Waals surface area contributed by atoms with Crippen LogP contribution in [0.5, 0.6) is 0 Å². The van der Waals surface area contributed by atoms with Gasteiger partial charge in [0.1, 0.15) is 0 Å². The number of alkyl halides is 3. The van der Waals surface area contributed by atoms with Crippen LogP contribution in [0.3, 0.4) is 0 Å². The Kier molecular flexibility index (Phi) is 4.91. The fourth-order valence-electron chi connectivity index (χ4n) is 1.34. The predicted octanol–water partition coefficient (Wildman–Crippen LogP) is 0.758. The van der Waals surface area contributed by atoms with E-state index in [1.54, 1.807) is 0 Å². The van der Waals surface area contributed by atoms with Gasteiger partial charge in [-0.2, -0.15) is 13.2 Å². The smallest absolute Gasteiger partial charge is 0.475 e. The van der Waals surface area contributed by atoms with Crippen LogP contribution in [0.15, 0.2) is 4.79 Å². The van der Waals surface area contributed by atoms with Crippen LogP contribution in [-0.4, -0.2) is 35.3 Å². The number of nitrogens with one attached hydrogen (secondary N) is 2. The maximum atomic E-state index is 10.9. The highest BCUT2D eigenvalue weighted by molar-refractivity contribution is 7.09. The predicted molar refractivity (Wildman–Crippen MR) is 58.9 cm³/mol. The molecule has 0 amide bonds. The van der Waals surface area contributed by atoms with Gasteiger partial charge in [0.25, 0.3) is 0 Å². The highest BCUT2D eigenvalue weighted by Crippen LogP contribution is 2.13. The molecule has 0 fully saturated rings. The number of halogens is 3. The van der Waals surface area contributed by atoms with Crippen molar-refractivity contribution in [1.29, 1.82) is 0 Å². The third kappa shape index (κ3) is 4.49. The van der Waals surface area contributed by atoms with Crippen molar-refractivity contribution in [3.8, 4) is 0 Å². The number of rotatable bonds is 0. The normalized spacial score (nSPS) is 15.1. The minimum atomic E-state index is -5.08. The van der Waals surface area contributed by atoms with Crippen molar-refractivity contribution >= 4 is 17.3 Å². The minimum absolute atomic E-state index is 0.0944. The summed E-state index contributed by atoms with van der Waals surface area (Å²) in [4.78, 5) is 24.0. The SMILES string of the molecule is O=C(O)C(F)(F)F.O=c1[nH]c2c(s1)CCNCC2. The second-order valence-electron chi connectivity index (χ2n) is 3.47. The molecule has 1 aliphatic rings. The molecule has 0 aliphatic carbocycles. The van der Waals surface area contributed by atoms with E-state index in [9.17, 15) is 18.0 Å². The number of fused-ring (bicyclic) bond motifs is 1. The lowest BCUT2D eigenvalue weighted by Gasteiger charge is -1.93. The van der Waals surface area contributed by atoms with Crippen molar-refractivity contribution in [2.45, 2.75) is 19.0 Å². The molecule has 1 aromatic heterocycles.